The molecular weight excluding hydrogens is 386 g/mol. The number of hydrogen-bond donors (Lipinski definition) is 0. The van der Waals surface area contributed by atoms with Crippen LogP contribution >= 0.6 is 0 Å². The number of esters is 1. The second-order valence-electron chi connectivity index (χ2n) is 6.87. The number of methoxy groups -OCH3 is 3. The van der Waals surface area contributed by atoms with Crippen LogP contribution in [0.4, 0.5) is 0 Å². The van der Waals surface area contributed by atoms with Crippen LogP contribution in [0.2, 0.25) is 0 Å². The summed E-state index contributed by atoms with van der Waals surface area (Å²) >= 11 is 0. The molecule has 160 valence electrons. The van der Waals surface area contributed by atoms with Gasteiger partial charge in [0, 0.05) is 26.2 Å². The minimum absolute atomic E-state index is 0.296. The molecule has 0 unspecified atom stereocenters. The number of benzene rings is 2. The number of rotatable bonds is 7. The third-order valence-corrected chi connectivity index (χ3v) is 4.84. The van der Waals surface area contributed by atoms with Crippen LogP contribution in [0.1, 0.15) is 15.9 Å². The molecule has 1 aliphatic heterocycles. The van der Waals surface area contributed by atoms with E-state index in [0.29, 0.717) is 28.6 Å². The maximum Gasteiger partial charge on any atom is 0.343 e. The van der Waals surface area contributed by atoms with Crippen molar-refractivity contribution in [3.05, 3.63) is 47.5 Å². The van der Waals surface area contributed by atoms with Crippen LogP contribution < -0.4 is 18.9 Å². The van der Waals surface area contributed by atoms with Gasteiger partial charge in [-0.2, -0.15) is 5.10 Å². The summed E-state index contributed by atoms with van der Waals surface area (Å²) in [6.07, 6.45) is 1.82. The fraction of sp³-hybridized carbons (Fsp3) is 0.364. The first-order valence-electron chi connectivity index (χ1n) is 9.63. The van der Waals surface area contributed by atoms with Crippen LogP contribution in [0, 0.1) is 0 Å². The number of nitrogens with zero attached hydrogens (tertiary/aromatic N) is 3. The maximum atomic E-state index is 12.6. The van der Waals surface area contributed by atoms with E-state index in [9.17, 15) is 4.79 Å². The molecule has 0 aliphatic carbocycles. The van der Waals surface area contributed by atoms with Crippen LogP contribution in [0.5, 0.6) is 23.0 Å². The SMILES string of the molecule is COc1cc(C(=O)Oc2ccc(/C=N\N3CCN(C)CC3)cc2)cc(OC)c1OC. The van der Waals surface area contributed by atoms with Crippen molar-refractivity contribution in [2.75, 3.05) is 54.6 Å². The predicted octanol–water partition coefficient (Wildman–Crippen LogP) is 2.51. The highest BCUT2D eigenvalue weighted by molar-refractivity contribution is 5.92. The van der Waals surface area contributed by atoms with Gasteiger partial charge in [-0.3, -0.25) is 5.01 Å². The fourth-order valence-electron chi connectivity index (χ4n) is 3.05. The first kappa shape index (κ1) is 21.4. The molecule has 0 N–H and O–H groups in total. The molecule has 1 fully saturated rings. The lowest BCUT2D eigenvalue weighted by molar-refractivity contribution is 0.0734. The summed E-state index contributed by atoms with van der Waals surface area (Å²) in [6.45, 7) is 3.84. The molecule has 30 heavy (non-hydrogen) atoms. The standard InChI is InChI=1S/C22H27N3O5/c1-24-9-11-25(12-10-24)23-15-16-5-7-18(8-6-16)30-22(26)17-13-19(27-2)21(29-4)20(14-17)28-3/h5-8,13-15H,9-12H2,1-4H3/b23-15-. The highest BCUT2D eigenvalue weighted by Crippen LogP contribution is 2.38. The predicted molar refractivity (Wildman–Crippen MR) is 114 cm³/mol. The molecule has 8 nitrogen and oxygen atoms in total. The molecular formula is C22H27N3O5. The first-order valence-corrected chi connectivity index (χ1v) is 9.63. The number of ether oxygens (including phenoxy) is 4. The zero-order chi connectivity index (χ0) is 21.5. The monoisotopic (exact) mass is 413 g/mol. The van der Waals surface area contributed by atoms with E-state index in [2.05, 4.69) is 22.1 Å². The average Bonchev–Trinajstić information content (AvgIpc) is 2.78. The number of hydrogen-bond acceptors (Lipinski definition) is 8. The molecule has 1 saturated heterocycles. The normalized spacial score (nSPS) is 14.6. The molecule has 0 radical (unpaired) electrons. The molecule has 0 bridgehead atoms. The third kappa shape index (κ3) is 5.21. The maximum absolute atomic E-state index is 12.6. The lowest BCUT2D eigenvalue weighted by Gasteiger charge is -2.30. The van der Waals surface area contributed by atoms with Crippen molar-refractivity contribution in [1.82, 2.24) is 9.91 Å². The van der Waals surface area contributed by atoms with Crippen LogP contribution in [-0.4, -0.2) is 76.6 Å². The summed E-state index contributed by atoms with van der Waals surface area (Å²) in [5.74, 6) is 1.11. The summed E-state index contributed by atoms with van der Waals surface area (Å²) in [5.41, 5.74) is 1.23. The van der Waals surface area contributed by atoms with Crippen molar-refractivity contribution in [3.8, 4) is 23.0 Å². The molecule has 0 atom stereocenters. The quantitative estimate of drug-likeness (QED) is 0.392. The molecule has 2 aromatic carbocycles. The fourth-order valence-corrected chi connectivity index (χ4v) is 3.05. The van der Waals surface area contributed by atoms with E-state index in [4.69, 9.17) is 18.9 Å². The van der Waals surface area contributed by atoms with Gasteiger partial charge in [-0.15, -0.1) is 0 Å². The second-order valence-corrected chi connectivity index (χ2v) is 6.87. The molecule has 2 aromatic rings. The second kappa shape index (κ2) is 9.98. The molecule has 0 amide bonds. The van der Waals surface area contributed by atoms with Gasteiger partial charge < -0.3 is 23.8 Å². The Labute approximate surface area is 176 Å². The Balaban J connectivity index is 1.66. The van der Waals surface area contributed by atoms with Crippen molar-refractivity contribution in [2.24, 2.45) is 5.10 Å². The Morgan fingerprint density at radius 3 is 2.07 bits per heavy atom. The third-order valence-electron chi connectivity index (χ3n) is 4.84. The Morgan fingerprint density at radius 2 is 1.53 bits per heavy atom. The highest BCUT2D eigenvalue weighted by atomic mass is 16.5. The summed E-state index contributed by atoms with van der Waals surface area (Å²) in [6, 6.07) is 10.3. The molecule has 8 heteroatoms. The van der Waals surface area contributed by atoms with Gasteiger partial charge in [0.2, 0.25) is 5.75 Å². The molecule has 0 saturated carbocycles. The summed E-state index contributed by atoms with van der Waals surface area (Å²) in [7, 11) is 6.61. The van der Waals surface area contributed by atoms with E-state index in [1.165, 1.54) is 21.3 Å². The van der Waals surface area contributed by atoms with Gasteiger partial charge >= 0.3 is 5.97 Å². The molecule has 0 spiro atoms. The van der Waals surface area contributed by atoms with Gasteiger partial charge in [-0.05, 0) is 49.0 Å². The van der Waals surface area contributed by atoms with Gasteiger partial charge in [0.15, 0.2) is 11.5 Å². The van der Waals surface area contributed by atoms with Gasteiger partial charge in [-0.25, -0.2) is 4.79 Å². The molecule has 1 aliphatic rings. The summed E-state index contributed by atoms with van der Waals surface area (Å²) in [4.78, 5) is 14.9. The topological polar surface area (TPSA) is 72.8 Å². The Hall–Kier alpha value is -3.26. The van der Waals surface area contributed by atoms with E-state index >= 15 is 0 Å². The number of carbonyl (C=O) groups is 1. The van der Waals surface area contributed by atoms with Crippen molar-refractivity contribution in [3.63, 3.8) is 0 Å². The number of likely N-dealkylation sites (N-methyl/N-ethyl adjacent to an activating group) is 1. The molecule has 0 aromatic heterocycles. The van der Waals surface area contributed by atoms with Crippen molar-refractivity contribution >= 4 is 12.2 Å². The zero-order valence-electron chi connectivity index (χ0n) is 17.8. The van der Waals surface area contributed by atoms with Crippen LogP contribution in [-0.2, 0) is 0 Å². The minimum atomic E-state index is -0.520. The number of piperazine rings is 1. The Kier molecular flexibility index (Phi) is 7.13. The van der Waals surface area contributed by atoms with E-state index in [0.717, 1.165) is 31.7 Å². The summed E-state index contributed by atoms with van der Waals surface area (Å²) < 4.78 is 21.3. The molecule has 1 heterocycles. The number of carbonyl (C=O) groups excluding carboxylic acids is 1. The van der Waals surface area contributed by atoms with E-state index in [1.807, 2.05) is 18.3 Å². The Morgan fingerprint density at radius 1 is 0.933 bits per heavy atom. The van der Waals surface area contributed by atoms with Crippen molar-refractivity contribution < 1.29 is 23.7 Å². The van der Waals surface area contributed by atoms with Gasteiger partial charge in [0.1, 0.15) is 5.75 Å². The minimum Gasteiger partial charge on any atom is -0.493 e. The van der Waals surface area contributed by atoms with E-state index in [-0.39, 0.29) is 0 Å². The smallest absolute Gasteiger partial charge is 0.343 e. The zero-order valence-corrected chi connectivity index (χ0v) is 17.8. The van der Waals surface area contributed by atoms with Gasteiger partial charge in [0.25, 0.3) is 0 Å². The van der Waals surface area contributed by atoms with Gasteiger partial charge in [-0.1, -0.05) is 0 Å². The molecule has 3 rings (SSSR count). The van der Waals surface area contributed by atoms with E-state index < -0.39 is 5.97 Å². The van der Waals surface area contributed by atoms with Crippen LogP contribution in [0.15, 0.2) is 41.5 Å². The van der Waals surface area contributed by atoms with Crippen molar-refractivity contribution in [2.45, 2.75) is 0 Å². The first-order chi connectivity index (χ1) is 14.5. The van der Waals surface area contributed by atoms with E-state index in [1.54, 1.807) is 24.3 Å². The lowest BCUT2D eigenvalue weighted by Crippen LogP contribution is -2.41. The summed E-state index contributed by atoms with van der Waals surface area (Å²) in [5, 5.41) is 6.57. The largest absolute Gasteiger partial charge is 0.493 e. The van der Waals surface area contributed by atoms with Gasteiger partial charge in [0.05, 0.1) is 33.1 Å². The lowest BCUT2D eigenvalue weighted by atomic mass is 10.2. The number of hydrazone groups is 1. The Bertz CT molecular complexity index is 865. The van der Waals surface area contributed by atoms with Crippen molar-refractivity contribution in [1.29, 1.82) is 0 Å². The van der Waals surface area contributed by atoms with Crippen LogP contribution in [0.3, 0.4) is 0 Å². The highest BCUT2D eigenvalue weighted by Gasteiger charge is 2.18. The average molecular weight is 413 g/mol. The van der Waals surface area contributed by atoms with Crippen LogP contribution in [0.25, 0.3) is 0 Å².